The molecule has 1 aromatic heterocycles. The van der Waals surface area contributed by atoms with Crippen LogP contribution in [0.15, 0.2) is 15.0 Å². The minimum Gasteiger partial charge on any atom is -0.462 e. The largest absolute Gasteiger partial charge is 0.462 e. The van der Waals surface area contributed by atoms with Crippen molar-refractivity contribution in [1.29, 1.82) is 0 Å². The molecule has 2 aliphatic rings. The van der Waals surface area contributed by atoms with Gasteiger partial charge < -0.3 is 18.8 Å². The van der Waals surface area contributed by atoms with Crippen molar-refractivity contribution in [3.05, 3.63) is 21.7 Å². The van der Waals surface area contributed by atoms with Gasteiger partial charge in [-0.1, -0.05) is 0 Å². The van der Waals surface area contributed by atoms with E-state index in [1.807, 2.05) is 0 Å². The van der Waals surface area contributed by atoms with E-state index >= 15 is 0 Å². The molecule has 2 aliphatic heterocycles. The molecule has 1 amide bonds. The number of benzene rings is 1. The lowest BCUT2D eigenvalue weighted by Crippen LogP contribution is -2.63. The van der Waals surface area contributed by atoms with Gasteiger partial charge in [-0.3, -0.25) is 4.90 Å². The lowest BCUT2D eigenvalue weighted by molar-refractivity contribution is -0.137. The summed E-state index contributed by atoms with van der Waals surface area (Å²) in [5.41, 5.74) is -3.05. The lowest BCUT2D eigenvalue weighted by Gasteiger charge is -2.49. The molecule has 192 valence electrons. The summed E-state index contributed by atoms with van der Waals surface area (Å²) in [5, 5.41) is 0. The van der Waals surface area contributed by atoms with Crippen LogP contribution in [-0.2, 0) is 15.7 Å². The number of piperazine rings is 1. The first-order valence-electron chi connectivity index (χ1n) is 11.4. The zero-order chi connectivity index (χ0) is 25.7. The Morgan fingerprint density at radius 3 is 2.37 bits per heavy atom. The van der Waals surface area contributed by atoms with Gasteiger partial charge in [0.15, 0.2) is 5.58 Å². The molecular formula is C23H27BrF3N3O5. The van der Waals surface area contributed by atoms with Crippen molar-refractivity contribution >= 4 is 45.1 Å². The molecule has 2 fully saturated rings. The van der Waals surface area contributed by atoms with Gasteiger partial charge in [0.1, 0.15) is 11.1 Å². The maximum Gasteiger partial charge on any atom is 0.419 e. The second-order valence-electron chi connectivity index (χ2n) is 9.70. The molecule has 2 atom stereocenters. The number of hydrogen-bond donors (Lipinski definition) is 0. The number of hydrogen-bond acceptors (Lipinski definition) is 7. The summed E-state index contributed by atoms with van der Waals surface area (Å²) in [6.45, 7) is 7.53. The van der Waals surface area contributed by atoms with Crippen LogP contribution in [0.4, 0.5) is 24.0 Å². The number of amides is 1. The van der Waals surface area contributed by atoms with Gasteiger partial charge in [-0.25, -0.2) is 9.59 Å². The minimum atomic E-state index is -4.86. The number of anilines is 1. The number of halogens is 4. The van der Waals surface area contributed by atoms with Crippen LogP contribution < -0.4 is 4.90 Å². The first-order valence-corrected chi connectivity index (χ1v) is 12.2. The normalized spacial score (nSPS) is 20.8. The van der Waals surface area contributed by atoms with Gasteiger partial charge in [0, 0.05) is 13.1 Å². The van der Waals surface area contributed by atoms with Gasteiger partial charge in [0.05, 0.1) is 34.3 Å². The maximum atomic E-state index is 14.0. The smallest absolute Gasteiger partial charge is 0.419 e. The Labute approximate surface area is 208 Å². The van der Waals surface area contributed by atoms with Gasteiger partial charge in [-0.2, -0.15) is 18.2 Å². The fraction of sp³-hybridized carbons (Fsp3) is 0.609. The Morgan fingerprint density at radius 1 is 1.20 bits per heavy atom. The van der Waals surface area contributed by atoms with Gasteiger partial charge >= 0.3 is 18.2 Å². The summed E-state index contributed by atoms with van der Waals surface area (Å²) in [6, 6.07) is 0.682. The van der Waals surface area contributed by atoms with Gasteiger partial charge in [-0.15, -0.1) is 0 Å². The molecule has 0 radical (unpaired) electrons. The number of ether oxygens (including phenoxy) is 2. The first kappa shape index (κ1) is 25.6. The SMILES string of the molecule is CCOC(=O)c1cc(Br)c2oc(N3CC4CCCC(C3)N4C(=O)OC(C)(C)C)nc2c1C(F)(F)F. The summed E-state index contributed by atoms with van der Waals surface area (Å²) >= 11 is 3.21. The van der Waals surface area contributed by atoms with E-state index in [-0.39, 0.29) is 34.8 Å². The number of carbonyl (C=O) groups excluding carboxylic acids is 2. The summed E-state index contributed by atoms with van der Waals surface area (Å²) in [6.07, 6.45) is -2.86. The average Bonchev–Trinajstić information content (AvgIpc) is 3.16. The van der Waals surface area contributed by atoms with Crippen molar-refractivity contribution in [2.24, 2.45) is 0 Å². The summed E-state index contributed by atoms with van der Waals surface area (Å²) in [5.74, 6) is -1.09. The molecular weight excluding hydrogens is 535 g/mol. The van der Waals surface area contributed by atoms with E-state index in [0.29, 0.717) is 13.1 Å². The van der Waals surface area contributed by atoms with Crippen molar-refractivity contribution in [2.75, 3.05) is 24.6 Å². The molecule has 2 aromatic rings. The van der Waals surface area contributed by atoms with E-state index in [0.717, 1.165) is 25.3 Å². The molecule has 0 spiro atoms. The number of piperidine rings is 1. The zero-order valence-corrected chi connectivity index (χ0v) is 21.5. The van der Waals surface area contributed by atoms with Crippen LogP contribution in [0.2, 0.25) is 0 Å². The number of fused-ring (bicyclic) bond motifs is 3. The quantitative estimate of drug-likeness (QED) is 0.440. The third-order valence-electron chi connectivity index (χ3n) is 5.99. The predicted octanol–water partition coefficient (Wildman–Crippen LogP) is 5.76. The van der Waals surface area contributed by atoms with Crippen molar-refractivity contribution in [3.8, 4) is 0 Å². The Kier molecular flexibility index (Phi) is 6.71. The highest BCUT2D eigenvalue weighted by molar-refractivity contribution is 9.10. The van der Waals surface area contributed by atoms with E-state index in [4.69, 9.17) is 13.9 Å². The number of carbonyl (C=O) groups is 2. The van der Waals surface area contributed by atoms with Crippen LogP contribution >= 0.6 is 15.9 Å². The fourth-order valence-electron chi connectivity index (χ4n) is 4.70. The topological polar surface area (TPSA) is 85.1 Å². The Bertz CT molecular complexity index is 1130. The number of nitrogens with zero attached hydrogens (tertiary/aromatic N) is 3. The molecule has 2 bridgehead atoms. The molecule has 2 saturated heterocycles. The van der Waals surface area contributed by atoms with E-state index in [2.05, 4.69) is 20.9 Å². The summed E-state index contributed by atoms with van der Waals surface area (Å²) < 4.78 is 58.5. The molecule has 4 rings (SSSR count). The van der Waals surface area contributed by atoms with Crippen LogP contribution in [0.5, 0.6) is 0 Å². The molecule has 0 aliphatic carbocycles. The fourth-order valence-corrected chi connectivity index (χ4v) is 5.20. The molecule has 1 aromatic carbocycles. The first-order chi connectivity index (χ1) is 16.3. The second-order valence-corrected chi connectivity index (χ2v) is 10.6. The predicted molar refractivity (Wildman–Crippen MR) is 124 cm³/mol. The average molecular weight is 562 g/mol. The van der Waals surface area contributed by atoms with E-state index in [9.17, 15) is 22.8 Å². The van der Waals surface area contributed by atoms with E-state index in [1.54, 1.807) is 30.6 Å². The highest BCUT2D eigenvalue weighted by Crippen LogP contribution is 2.42. The van der Waals surface area contributed by atoms with Crippen molar-refractivity contribution < 1.29 is 36.7 Å². The highest BCUT2D eigenvalue weighted by atomic mass is 79.9. The van der Waals surface area contributed by atoms with Crippen LogP contribution in [0.3, 0.4) is 0 Å². The van der Waals surface area contributed by atoms with Gasteiger partial charge in [-0.05, 0) is 69.0 Å². The van der Waals surface area contributed by atoms with Gasteiger partial charge in [0.2, 0.25) is 0 Å². The lowest BCUT2D eigenvalue weighted by atomic mass is 9.92. The number of esters is 1. The molecule has 8 nitrogen and oxygen atoms in total. The third kappa shape index (κ3) is 5.07. The molecule has 12 heteroatoms. The molecule has 0 N–H and O–H groups in total. The Morgan fingerprint density at radius 2 is 1.83 bits per heavy atom. The number of rotatable bonds is 3. The van der Waals surface area contributed by atoms with E-state index in [1.165, 1.54) is 6.92 Å². The Balaban J connectivity index is 1.71. The molecule has 3 heterocycles. The van der Waals surface area contributed by atoms with Gasteiger partial charge in [0.25, 0.3) is 6.01 Å². The Hall–Kier alpha value is -2.50. The van der Waals surface area contributed by atoms with Crippen molar-refractivity contribution in [2.45, 2.75) is 70.8 Å². The van der Waals surface area contributed by atoms with Crippen LogP contribution in [-0.4, -0.2) is 59.3 Å². The monoisotopic (exact) mass is 561 g/mol. The molecule has 2 unspecified atom stereocenters. The zero-order valence-electron chi connectivity index (χ0n) is 19.9. The standard InChI is InChI=1S/C23H27BrF3N3O5/c1-5-33-19(31)14-9-15(24)18-17(16(14)23(25,26)27)28-20(34-18)29-10-12-7-6-8-13(11-29)30(12)21(32)35-22(2,3)4/h9,12-13H,5-8,10-11H2,1-4H3. The minimum absolute atomic E-state index is 0.00736. The summed E-state index contributed by atoms with van der Waals surface area (Å²) in [7, 11) is 0. The number of alkyl halides is 3. The third-order valence-corrected chi connectivity index (χ3v) is 6.58. The highest BCUT2D eigenvalue weighted by Gasteiger charge is 2.44. The van der Waals surface area contributed by atoms with Crippen LogP contribution in [0.1, 0.15) is 62.9 Å². The molecule has 0 saturated carbocycles. The summed E-state index contributed by atoms with van der Waals surface area (Å²) in [4.78, 5) is 32.8. The number of aromatic nitrogens is 1. The second kappa shape index (κ2) is 9.18. The van der Waals surface area contributed by atoms with Crippen molar-refractivity contribution in [3.63, 3.8) is 0 Å². The molecule has 35 heavy (non-hydrogen) atoms. The number of oxazole rings is 1. The van der Waals surface area contributed by atoms with Crippen LogP contribution in [0.25, 0.3) is 11.1 Å². The van der Waals surface area contributed by atoms with E-state index < -0.39 is 40.5 Å². The van der Waals surface area contributed by atoms with Crippen molar-refractivity contribution in [1.82, 2.24) is 9.88 Å². The van der Waals surface area contributed by atoms with Crippen LogP contribution in [0, 0.1) is 0 Å². The maximum absolute atomic E-state index is 14.0.